The maximum Gasteiger partial charge on any atom is 0.0327 e. The Morgan fingerprint density at radius 2 is 1.94 bits per heavy atom. The minimum Gasteiger partial charge on any atom is -0.329 e. The molecule has 0 saturated carbocycles. The second-order valence-corrected chi connectivity index (χ2v) is 5.34. The average molecular weight is 227 g/mol. The van der Waals surface area contributed by atoms with Crippen LogP contribution in [0.3, 0.4) is 0 Å². The van der Waals surface area contributed by atoms with Gasteiger partial charge in [0.05, 0.1) is 0 Å². The SMILES string of the molecule is CCC(CC)(CN)N1CCCC(N(C)C)C1. The Balaban J connectivity index is 2.70. The Labute approximate surface area is 101 Å². The Bertz CT molecular complexity index is 191. The summed E-state index contributed by atoms with van der Waals surface area (Å²) in [5, 5.41) is 0. The van der Waals surface area contributed by atoms with Crippen molar-refractivity contribution >= 4 is 0 Å². The molecule has 1 unspecified atom stereocenters. The van der Waals surface area contributed by atoms with Crippen LogP contribution in [0.1, 0.15) is 39.5 Å². The van der Waals surface area contributed by atoms with Gasteiger partial charge < -0.3 is 10.6 Å². The van der Waals surface area contributed by atoms with Crippen molar-refractivity contribution in [3.05, 3.63) is 0 Å². The molecule has 16 heavy (non-hydrogen) atoms. The fraction of sp³-hybridized carbons (Fsp3) is 1.00. The lowest BCUT2D eigenvalue weighted by Crippen LogP contribution is -2.59. The zero-order valence-electron chi connectivity index (χ0n) is 11.5. The third-order valence-corrected chi connectivity index (χ3v) is 4.49. The maximum absolute atomic E-state index is 6.03. The fourth-order valence-corrected chi connectivity index (χ4v) is 2.92. The van der Waals surface area contributed by atoms with Crippen LogP contribution in [0.2, 0.25) is 0 Å². The first-order chi connectivity index (χ1) is 7.59. The Kier molecular flexibility index (Phi) is 5.22. The largest absolute Gasteiger partial charge is 0.329 e. The lowest BCUT2D eigenvalue weighted by Gasteiger charge is -2.47. The second-order valence-electron chi connectivity index (χ2n) is 5.34. The molecule has 1 fully saturated rings. The van der Waals surface area contributed by atoms with Crippen molar-refractivity contribution in [3.63, 3.8) is 0 Å². The normalized spacial score (nSPS) is 24.0. The smallest absolute Gasteiger partial charge is 0.0327 e. The molecule has 3 nitrogen and oxygen atoms in total. The van der Waals surface area contributed by atoms with Gasteiger partial charge in [0.15, 0.2) is 0 Å². The molecular weight excluding hydrogens is 198 g/mol. The highest BCUT2D eigenvalue weighted by Gasteiger charge is 2.35. The van der Waals surface area contributed by atoms with E-state index >= 15 is 0 Å². The number of nitrogens with two attached hydrogens (primary N) is 1. The molecule has 3 heteroatoms. The van der Waals surface area contributed by atoms with Crippen LogP contribution in [0.25, 0.3) is 0 Å². The Morgan fingerprint density at radius 1 is 1.31 bits per heavy atom. The highest BCUT2D eigenvalue weighted by Crippen LogP contribution is 2.27. The minimum absolute atomic E-state index is 0.245. The van der Waals surface area contributed by atoms with E-state index in [9.17, 15) is 0 Å². The Morgan fingerprint density at radius 3 is 2.38 bits per heavy atom. The van der Waals surface area contributed by atoms with Gasteiger partial charge in [-0.3, -0.25) is 4.90 Å². The van der Waals surface area contributed by atoms with Crippen LogP contribution >= 0.6 is 0 Å². The van der Waals surface area contributed by atoms with Gasteiger partial charge in [-0.1, -0.05) is 13.8 Å². The summed E-state index contributed by atoms with van der Waals surface area (Å²) in [7, 11) is 4.38. The summed E-state index contributed by atoms with van der Waals surface area (Å²) < 4.78 is 0. The molecule has 0 amide bonds. The molecular formula is C13H29N3. The first-order valence-electron chi connectivity index (χ1n) is 6.71. The van der Waals surface area contributed by atoms with E-state index < -0.39 is 0 Å². The van der Waals surface area contributed by atoms with Crippen LogP contribution in [0.5, 0.6) is 0 Å². The van der Waals surface area contributed by atoms with Crippen LogP contribution in [0.4, 0.5) is 0 Å². The first-order valence-corrected chi connectivity index (χ1v) is 6.71. The van der Waals surface area contributed by atoms with Crippen molar-refractivity contribution in [1.29, 1.82) is 0 Å². The quantitative estimate of drug-likeness (QED) is 0.773. The van der Waals surface area contributed by atoms with Crippen molar-refractivity contribution < 1.29 is 0 Å². The summed E-state index contributed by atoms with van der Waals surface area (Å²) in [4.78, 5) is 5.00. The average Bonchev–Trinajstić information content (AvgIpc) is 2.32. The van der Waals surface area contributed by atoms with E-state index in [-0.39, 0.29) is 5.54 Å². The van der Waals surface area contributed by atoms with Gasteiger partial charge in [0.25, 0.3) is 0 Å². The van der Waals surface area contributed by atoms with Crippen LogP contribution in [-0.2, 0) is 0 Å². The van der Waals surface area contributed by atoms with E-state index in [1.807, 2.05) is 0 Å². The molecule has 1 aliphatic rings. The van der Waals surface area contributed by atoms with Crippen LogP contribution in [0, 0.1) is 0 Å². The minimum atomic E-state index is 0.245. The maximum atomic E-state index is 6.03. The van der Waals surface area contributed by atoms with Crippen LogP contribution in [0.15, 0.2) is 0 Å². The number of nitrogens with zero attached hydrogens (tertiary/aromatic N) is 2. The molecule has 0 spiro atoms. The molecule has 1 atom stereocenters. The predicted octanol–water partition coefficient (Wildman–Crippen LogP) is 1.53. The number of piperidine rings is 1. The summed E-state index contributed by atoms with van der Waals surface area (Å²) in [6.45, 7) is 7.75. The van der Waals surface area contributed by atoms with Crippen molar-refractivity contribution in [2.75, 3.05) is 33.7 Å². The fourth-order valence-electron chi connectivity index (χ4n) is 2.92. The van der Waals surface area contributed by atoms with Crippen molar-refractivity contribution in [2.45, 2.75) is 51.1 Å². The van der Waals surface area contributed by atoms with E-state index in [1.165, 1.54) is 38.8 Å². The standard InChI is InChI=1S/C13H29N3/c1-5-13(6-2,11-14)16-9-7-8-12(10-16)15(3)4/h12H,5-11,14H2,1-4H3. The highest BCUT2D eigenvalue weighted by atomic mass is 15.3. The molecule has 2 N–H and O–H groups in total. The van der Waals surface area contributed by atoms with E-state index in [0.29, 0.717) is 6.04 Å². The van der Waals surface area contributed by atoms with Gasteiger partial charge in [-0.05, 0) is 46.3 Å². The third-order valence-electron chi connectivity index (χ3n) is 4.49. The van der Waals surface area contributed by atoms with Gasteiger partial charge in [0, 0.05) is 24.7 Å². The number of hydrogen-bond acceptors (Lipinski definition) is 3. The summed E-state index contributed by atoms with van der Waals surface area (Å²) in [6.07, 6.45) is 4.97. The molecule has 0 aromatic carbocycles. The lowest BCUT2D eigenvalue weighted by molar-refractivity contribution is 0.0295. The molecule has 1 saturated heterocycles. The second kappa shape index (κ2) is 5.99. The summed E-state index contributed by atoms with van der Waals surface area (Å²) in [6, 6.07) is 0.706. The number of hydrogen-bond donors (Lipinski definition) is 1. The number of rotatable bonds is 5. The highest BCUT2D eigenvalue weighted by molar-refractivity contribution is 4.93. The first kappa shape index (κ1) is 13.9. The van der Waals surface area contributed by atoms with E-state index in [0.717, 1.165) is 6.54 Å². The molecule has 1 heterocycles. The zero-order valence-corrected chi connectivity index (χ0v) is 11.5. The summed E-state index contributed by atoms with van der Waals surface area (Å²) in [5.74, 6) is 0. The van der Waals surface area contributed by atoms with Gasteiger partial charge in [-0.2, -0.15) is 0 Å². The van der Waals surface area contributed by atoms with Crippen LogP contribution < -0.4 is 5.73 Å². The van der Waals surface area contributed by atoms with Crippen molar-refractivity contribution in [3.8, 4) is 0 Å². The molecule has 0 radical (unpaired) electrons. The van der Waals surface area contributed by atoms with Gasteiger partial charge in [-0.15, -0.1) is 0 Å². The zero-order chi connectivity index (χ0) is 12.2. The monoisotopic (exact) mass is 227 g/mol. The van der Waals surface area contributed by atoms with E-state index in [1.54, 1.807) is 0 Å². The molecule has 1 rings (SSSR count). The molecule has 1 aliphatic heterocycles. The predicted molar refractivity (Wildman–Crippen MR) is 70.6 cm³/mol. The molecule has 0 aromatic heterocycles. The summed E-state index contributed by atoms with van der Waals surface area (Å²) in [5.41, 5.74) is 6.27. The summed E-state index contributed by atoms with van der Waals surface area (Å²) >= 11 is 0. The molecule has 0 bridgehead atoms. The molecule has 96 valence electrons. The van der Waals surface area contributed by atoms with Gasteiger partial charge in [0.2, 0.25) is 0 Å². The number of likely N-dealkylation sites (N-methyl/N-ethyl adjacent to an activating group) is 1. The van der Waals surface area contributed by atoms with E-state index in [2.05, 4.69) is 37.7 Å². The lowest BCUT2D eigenvalue weighted by atomic mass is 9.87. The molecule has 0 aliphatic carbocycles. The third kappa shape index (κ3) is 2.76. The number of likely N-dealkylation sites (tertiary alicyclic amines) is 1. The van der Waals surface area contributed by atoms with E-state index in [4.69, 9.17) is 5.73 Å². The van der Waals surface area contributed by atoms with Crippen LogP contribution in [-0.4, -0.2) is 55.1 Å². The Hall–Kier alpha value is -0.120. The van der Waals surface area contributed by atoms with Crippen molar-refractivity contribution in [1.82, 2.24) is 9.80 Å². The molecule has 0 aromatic rings. The van der Waals surface area contributed by atoms with Gasteiger partial charge in [-0.25, -0.2) is 0 Å². The van der Waals surface area contributed by atoms with Crippen molar-refractivity contribution in [2.24, 2.45) is 5.73 Å². The van der Waals surface area contributed by atoms with Gasteiger partial charge in [0.1, 0.15) is 0 Å². The topological polar surface area (TPSA) is 32.5 Å². The van der Waals surface area contributed by atoms with Gasteiger partial charge >= 0.3 is 0 Å².